The first kappa shape index (κ1) is 14.9. The molecule has 0 aliphatic heterocycles. The number of carbonyl (C=O) groups excluding carboxylic acids is 2. The first-order valence-corrected chi connectivity index (χ1v) is 5.44. The van der Waals surface area contributed by atoms with Crippen LogP contribution < -0.4 is 10.6 Å². The lowest BCUT2D eigenvalue weighted by molar-refractivity contribution is -0.139. The van der Waals surface area contributed by atoms with Crippen LogP contribution in [0.3, 0.4) is 0 Å². The fourth-order valence-corrected chi connectivity index (χ4v) is 0.931. The first-order chi connectivity index (χ1) is 7.32. The Morgan fingerprint density at radius 1 is 1.38 bits per heavy atom. The highest BCUT2D eigenvalue weighted by atomic mass is 16.5. The van der Waals surface area contributed by atoms with Crippen LogP contribution in [0.25, 0.3) is 0 Å². The molecule has 16 heavy (non-hydrogen) atoms. The van der Waals surface area contributed by atoms with Gasteiger partial charge >= 0.3 is 5.97 Å². The molecule has 0 rings (SSSR count). The van der Waals surface area contributed by atoms with Gasteiger partial charge in [0.1, 0.15) is 0 Å². The van der Waals surface area contributed by atoms with Gasteiger partial charge < -0.3 is 10.1 Å². The number of hydrogen-bond acceptors (Lipinski definition) is 4. The van der Waals surface area contributed by atoms with Crippen LogP contribution in [0.15, 0.2) is 0 Å². The summed E-state index contributed by atoms with van der Waals surface area (Å²) in [5.74, 6) is -0.495. The van der Waals surface area contributed by atoms with E-state index in [1.807, 2.05) is 20.8 Å². The minimum absolute atomic E-state index is 0.0393. The summed E-state index contributed by atoms with van der Waals surface area (Å²) in [7, 11) is 1.31. The Morgan fingerprint density at radius 2 is 1.94 bits per heavy atom. The summed E-state index contributed by atoms with van der Waals surface area (Å²) in [6.07, 6.45) is 0.850. The molecule has 0 aliphatic carbocycles. The standard InChI is InChI=1S/C11H22N2O3/c1-6-11(3,4)13-10(15)8(2)12-7-9(14)16-5/h8,12H,6-7H2,1-5H3,(H,13,15). The number of rotatable bonds is 6. The maximum Gasteiger partial charge on any atom is 0.319 e. The van der Waals surface area contributed by atoms with Gasteiger partial charge in [-0.1, -0.05) is 6.92 Å². The Hall–Kier alpha value is -1.10. The molecule has 1 amide bonds. The van der Waals surface area contributed by atoms with Gasteiger partial charge in [-0.3, -0.25) is 14.9 Å². The van der Waals surface area contributed by atoms with Crippen LogP contribution in [0, 0.1) is 0 Å². The molecule has 0 aromatic heterocycles. The van der Waals surface area contributed by atoms with E-state index in [4.69, 9.17) is 0 Å². The van der Waals surface area contributed by atoms with E-state index in [0.29, 0.717) is 0 Å². The molecular formula is C11H22N2O3. The van der Waals surface area contributed by atoms with Crippen molar-refractivity contribution in [1.82, 2.24) is 10.6 Å². The summed E-state index contributed by atoms with van der Waals surface area (Å²) in [6, 6.07) is -0.412. The van der Waals surface area contributed by atoms with Crippen LogP contribution in [0.2, 0.25) is 0 Å². The zero-order chi connectivity index (χ0) is 12.8. The van der Waals surface area contributed by atoms with Gasteiger partial charge in [0, 0.05) is 5.54 Å². The highest BCUT2D eigenvalue weighted by Gasteiger charge is 2.21. The van der Waals surface area contributed by atoms with E-state index in [-0.39, 0.29) is 24.0 Å². The summed E-state index contributed by atoms with van der Waals surface area (Å²) in [4.78, 5) is 22.6. The summed E-state index contributed by atoms with van der Waals surface area (Å²) in [5.41, 5.74) is -0.224. The molecule has 1 unspecified atom stereocenters. The zero-order valence-electron chi connectivity index (χ0n) is 10.7. The topological polar surface area (TPSA) is 67.4 Å². The van der Waals surface area contributed by atoms with E-state index in [0.717, 1.165) is 6.42 Å². The van der Waals surface area contributed by atoms with Crippen molar-refractivity contribution in [2.75, 3.05) is 13.7 Å². The molecule has 5 heteroatoms. The molecule has 0 heterocycles. The SMILES string of the molecule is CCC(C)(C)NC(=O)C(C)NCC(=O)OC. The first-order valence-electron chi connectivity index (χ1n) is 5.44. The Kier molecular flexibility index (Phi) is 6.03. The number of nitrogens with one attached hydrogen (secondary N) is 2. The molecule has 94 valence electrons. The summed E-state index contributed by atoms with van der Waals surface area (Å²) < 4.78 is 4.47. The molecule has 2 N–H and O–H groups in total. The van der Waals surface area contributed by atoms with Crippen molar-refractivity contribution in [3.8, 4) is 0 Å². The van der Waals surface area contributed by atoms with E-state index in [9.17, 15) is 9.59 Å². The summed E-state index contributed by atoms with van der Waals surface area (Å²) in [5, 5.41) is 5.69. The van der Waals surface area contributed by atoms with Gasteiger partial charge in [0.15, 0.2) is 0 Å². The summed E-state index contributed by atoms with van der Waals surface area (Å²) in [6.45, 7) is 7.67. The van der Waals surface area contributed by atoms with Gasteiger partial charge in [0.25, 0.3) is 0 Å². The maximum atomic E-state index is 11.7. The van der Waals surface area contributed by atoms with Gasteiger partial charge in [-0.05, 0) is 27.2 Å². The average Bonchev–Trinajstić information content (AvgIpc) is 2.24. The van der Waals surface area contributed by atoms with Gasteiger partial charge in [0.05, 0.1) is 19.7 Å². The van der Waals surface area contributed by atoms with Crippen molar-refractivity contribution in [3.63, 3.8) is 0 Å². The smallest absolute Gasteiger partial charge is 0.319 e. The second kappa shape index (κ2) is 6.48. The number of esters is 1. The highest BCUT2D eigenvalue weighted by Crippen LogP contribution is 2.06. The molecule has 0 bridgehead atoms. The average molecular weight is 230 g/mol. The molecule has 0 aliphatic rings. The van der Waals surface area contributed by atoms with Gasteiger partial charge in [0.2, 0.25) is 5.91 Å². The van der Waals surface area contributed by atoms with Gasteiger partial charge in [-0.15, -0.1) is 0 Å². The number of hydrogen-bond donors (Lipinski definition) is 2. The van der Waals surface area contributed by atoms with Gasteiger partial charge in [-0.2, -0.15) is 0 Å². The third kappa shape index (κ3) is 5.70. The number of amides is 1. The lowest BCUT2D eigenvalue weighted by Crippen LogP contribution is -2.51. The Bertz CT molecular complexity index is 252. The molecule has 0 saturated carbocycles. The minimum atomic E-state index is -0.412. The van der Waals surface area contributed by atoms with E-state index in [2.05, 4.69) is 15.4 Å². The molecule has 0 radical (unpaired) electrons. The van der Waals surface area contributed by atoms with Crippen molar-refractivity contribution < 1.29 is 14.3 Å². The monoisotopic (exact) mass is 230 g/mol. The Morgan fingerprint density at radius 3 is 2.38 bits per heavy atom. The van der Waals surface area contributed by atoms with Crippen LogP contribution in [-0.4, -0.2) is 37.1 Å². The molecular weight excluding hydrogens is 208 g/mol. The molecule has 0 aromatic carbocycles. The molecule has 5 nitrogen and oxygen atoms in total. The second-order valence-electron chi connectivity index (χ2n) is 4.41. The van der Waals surface area contributed by atoms with E-state index < -0.39 is 6.04 Å². The lowest BCUT2D eigenvalue weighted by Gasteiger charge is -2.26. The fraction of sp³-hybridized carbons (Fsp3) is 0.818. The van der Waals surface area contributed by atoms with E-state index in [1.54, 1.807) is 6.92 Å². The normalized spacial score (nSPS) is 13.1. The van der Waals surface area contributed by atoms with Crippen LogP contribution in [0.1, 0.15) is 34.1 Å². The van der Waals surface area contributed by atoms with Crippen molar-refractivity contribution >= 4 is 11.9 Å². The quantitative estimate of drug-likeness (QED) is 0.650. The maximum absolute atomic E-state index is 11.7. The highest BCUT2D eigenvalue weighted by molar-refractivity contribution is 5.82. The third-order valence-corrected chi connectivity index (χ3v) is 2.52. The van der Waals surface area contributed by atoms with E-state index >= 15 is 0 Å². The van der Waals surface area contributed by atoms with Crippen molar-refractivity contribution in [3.05, 3.63) is 0 Å². The predicted molar refractivity (Wildman–Crippen MR) is 62.0 cm³/mol. The Balaban J connectivity index is 4.05. The van der Waals surface area contributed by atoms with Gasteiger partial charge in [-0.25, -0.2) is 0 Å². The van der Waals surface area contributed by atoms with Crippen molar-refractivity contribution in [2.45, 2.75) is 45.7 Å². The lowest BCUT2D eigenvalue weighted by atomic mass is 10.0. The van der Waals surface area contributed by atoms with Crippen LogP contribution in [0.4, 0.5) is 0 Å². The molecule has 0 spiro atoms. The molecule has 1 atom stereocenters. The van der Waals surface area contributed by atoms with Crippen LogP contribution in [0.5, 0.6) is 0 Å². The largest absolute Gasteiger partial charge is 0.468 e. The predicted octanol–water partition coefficient (Wildman–Crippen LogP) is 0.442. The molecule has 0 saturated heterocycles. The second-order valence-corrected chi connectivity index (χ2v) is 4.41. The zero-order valence-corrected chi connectivity index (χ0v) is 10.7. The minimum Gasteiger partial charge on any atom is -0.468 e. The number of ether oxygens (including phenoxy) is 1. The third-order valence-electron chi connectivity index (χ3n) is 2.52. The number of methoxy groups -OCH3 is 1. The van der Waals surface area contributed by atoms with Crippen molar-refractivity contribution in [2.24, 2.45) is 0 Å². The fourth-order valence-electron chi connectivity index (χ4n) is 0.931. The van der Waals surface area contributed by atoms with E-state index in [1.165, 1.54) is 7.11 Å². The molecule has 0 fully saturated rings. The summed E-state index contributed by atoms with van der Waals surface area (Å²) >= 11 is 0. The van der Waals surface area contributed by atoms with Crippen molar-refractivity contribution in [1.29, 1.82) is 0 Å². The van der Waals surface area contributed by atoms with Crippen LogP contribution >= 0.6 is 0 Å². The molecule has 0 aromatic rings. The Labute approximate surface area is 96.9 Å². The van der Waals surface area contributed by atoms with Crippen LogP contribution in [-0.2, 0) is 14.3 Å². The number of carbonyl (C=O) groups is 2.